The molecule has 0 aliphatic rings. The largest absolute Gasteiger partial charge is 0.387 e. The van der Waals surface area contributed by atoms with Gasteiger partial charge < -0.3 is 9.63 Å². The lowest BCUT2D eigenvalue weighted by molar-refractivity contribution is 0.222. The lowest BCUT2D eigenvalue weighted by Gasteiger charge is -1.96. The van der Waals surface area contributed by atoms with Crippen LogP contribution in [0.25, 0.3) is 11.4 Å². The molecule has 1 heterocycles. The third-order valence-corrected chi connectivity index (χ3v) is 2.70. The Balaban J connectivity index is 2.28. The van der Waals surface area contributed by atoms with Crippen molar-refractivity contribution >= 4 is 11.8 Å². The Morgan fingerprint density at radius 3 is 2.60 bits per heavy atom. The van der Waals surface area contributed by atoms with Crippen molar-refractivity contribution in [1.29, 1.82) is 0 Å². The molecule has 2 rings (SSSR count). The summed E-state index contributed by atoms with van der Waals surface area (Å²) < 4.78 is 4.81. The molecule has 1 aromatic carbocycles. The second-order valence-electron chi connectivity index (χ2n) is 2.90. The Morgan fingerprint density at radius 1 is 1.33 bits per heavy atom. The van der Waals surface area contributed by atoms with Gasteiger partial charge in [0.2, 0.25) is 5.82 Å². The smallest absolute Gasteiger partial charge is 0.252 e. The molecule has 0 aliphatic heterocycles. The molecule has 5 heteroatoms. The molecule has 15 heavy (non-hydrogen) atoms. The van der Waals surface area contributed by atoms with Crippen molar-refractivity contribution in [3.8, 4) is 11.4 Å². The monoisotopic (exact) mass is 222 g/mol. The van der Waals surface area contributed by atoms with Gasteiger partial charge in [0.05, 0.1) is 0 Å². The van der Waals surface area contributed by atoms with Crippen LogP contribution in [0.15, 0.2) is 33.7 Å². The van der Waals surface area contributed by atoms with Gasteiger partial charge in [-0.1, -0.05) is 5.16 Å². The van der Waals surface area contributed by atoms with E-state index < -0.39 is 0 Å². The Bertz CT molecular complexity index is 439. The fraction of sp³-hybridized carbons (Fsp3) is 0.200. The molecule has 0 bridgehead atoms. The van der Waals surface area contributed by atoms with Crippen molar-refractivity contribution in [2.24, 2.45) is 0 Å². The number of aromatic nitrogens is 2. The van der Waals surface area contributed by atoms with Crippen LogP contribution in [0.5, 0.6) is 0 Å². The number of benzene rings is 1. The van der Waals surface area contributed by atoms with Gasteiger partial charge in [0.1, 0.15) is 6.61 Å². The van der Waals surface area contributed by atoms with Crippen molar-refractivity contribution < 1.29 is 9.63 Å². The summed E-state index contributed by atoms with van der Waals surface area (Å²) in [6.45, 7) is -0.226. The molecule has 0 saturated carbocycles. The van der Waals surface area contributed by atoms with E-state index in [1.165, 1.54) is 4.90 Å². The number of hydrogen-bond donors (Lipinski definition) is 1. The summed E-state index contributed by atoms with van der Waals surface area (Å²) in [4.78, 5) is 5.20. The van der Waals surface area contributed by atoms with E-state index in [-0.39, 0.29) is 12.5 Å². The molecular formula is C10H10N2O2S. The number of rotatable bonds is 3. The van der Waals surface area contributed by atoms with E-state index >= 15 is 0 Å². The van der Waals surface area contributed by atoms with Crippen molar-refractivity contribution in [2.75, 3.05) is 6.26 Å². The normalized spacial score (nSPS) is 10.5. The summed E-state index contributed by atoms with van der Waals surface area (Å²) in [5.41, 5.74) is 0.885. The van der Waals surface area contributed by atoms with Crippen LogP contribution in [-0.2, 0) is 6.61 Å². The van der Waals surface area contributed by atoms with Crippen molar-refractivity contribution in [2.45, 2.75) is 11.5 Å². The molecule has 0 saturated heterocycles. The molecular weight excluding hydrogens is 212 g/mol. The van der Waals surface area contributed by atoms with Gasteiger partial charge in [-0.25, -0.2) is 0 Å². The zero-order chi connectivity index (χ0) is 10.7. The lowest BCUT2D eigenvalue weighted by Crippen LogP contribution is -1.83. The highest BCUT2D eigenvalue weighted by atomic mass is 32.2. The SMILES string of the molecule is CSc1ccc(-c2noc(CO)n2)cc1. The Labute approximate surface area is 91.3 Å². The molecule has 0 fully saturated rings. The average molecular weight is 222 g/mol. The van der Waals surface area contributed by atoms with Gasteiger partial charge >= 0.3 is 0 Å². The predicted molar refractivity (Wildman–Crippen MR) is 57.4 cm³/mol. The van der Waals surface area contributed by atoms with E-state index in [1.807, 2.05) is 30.5 Å². The first kappa shape index (κ1) is 10.2. The van der Waals surface area contributed by atoms with Crippen LogP contribution in [0.2, 0.25) is 0 Å². The van der Waals surface area contributed by atoms with Crippen LogP contribution in [-0.4, -0.2) is 21.5 Å². The van der Waals surface area contributed by atoms with Gasteiger partial charge in [0.15, 0.2) is 0 Å². The van der Waals surface area contributed by atoms with E-state index in [1.54, 1.807) is 11.8 Å². The number of thioether (sulfide) groups is 1. The van der Waals surface area contributed by atoms with Crippen molar-refractivity contribution in [3.63, 3.8) is 0 Å². The highest BCUT2D eigenvalue weighted by Crippen LogP contribution is 2.20. The van der Waals surface area contributed by atoms with Crippen molar-refractivity contribution in [3.05, 3.63) is 30.2 Å². The second-order valence-corrected chi connectivity index (χ2v) is 3.78. The molecule has 0 spiro atoms. The molecule has 1 aromatic heterocycles. The molecule has 78 valence electrons. The van der Waals surface area contributed by atoms with Crippen LogP contribution in [0.3, 0.4) is 0 Å². The maximum atomic E-state index is 8.78. The molecule has 1 N–H and O–H groups in total. The lowest BCUT2D eigenvalue weighted by atomic mass is 10.2. The second kappa shape index (κ2) is 4.46. The molecule has 2 aromatic rings. The number of aliphatic hydroxyl groups excluding tert-OH is 1. The third-order valence-electron chi connectivity index (χ3n) is 1.95. The number of aliphatic hydroxyl groups is 1. The average Bonchev–Trinajstić information content (AvgIpc) is 2.78. The maximum absolute atomic E-state index is 8.78. The standard InChI is InChI=1S/C10H10N2O2S/c1-15-8-4-2-7(3-5-8)10-11-9(6-13)14-12-10/h2-5,13H,6H2,1H3. The molecule has 4 nitrogen and oxygen atoms in total. The van der Waals surface area contributed by atoms with E-state index in [0.29, 0.717) is 5.82 Å². The summed E-state index contributed by atoms with van der Waals surface area (Å²) in [7, 11) is 0. The minimum Gasteiger partial charge on any atom is -0.387 e. The zero-order valence-electron chi connectivity index (χ0n) is 8.17. The Kier molecular flexibility index (Phi) is 3.03. The van der Waals surface area contributed by atoms with Gasteiger partial charge in [-0.05, 0) is 30.5 Å². The van der Waals surface area contributed by atoms with Gasteiger partial charge in [-0.2, -0.15) is 4.98 Å². The Morgan fingerprint density at radius 2 is 2.07 bits per heavy atom. The van der Waals surface area contributed by atoms with Gasteiger partial charge in [0, 0.05) is 10.5 Å². The summed E-state index contributed by atoms with van der Waals surface area (Å²) in [6.07, 6.45) is 2.02. The molecule has 0 aliphatic carbocycles. The topological polar surface area (TPSA) is 59.2 Å². The zero-order valence-corrected chi connectivity index (χ0v) is 8.99. The maximum Gasteiger partial charge on any atom is 0.252 e. The first-order valence-corrected chi connectivity index (χ1v) is 5.64. The predicted octanol–water partition coefficient (Wildman–Crippen LogP) is 1.95. The van der Waals surface area contributed by atoms with Crippen LogP contribution >= 0.6 is 11.8 Å². The van der Waals surface area contributed by atoms with E-state index in [4.69, 9.17) is 9.63 Å². The molecule has 0 atom stereocenters. The molecule has 0 radical (unpaired) electrons. The van der Waals surface area contributed by atoms with E-state index in [0.717, 1.165) is 5.56 Å². The summed E-state index contributed by atoms with van der Waals surface area (Å²) in [6, 6.07) is 7.85. The van der Waals surface area contributed by atoms with Crippen molar-refractivity contribution in [1.82, 2.24) is 10.1 Å². The van der Waals surface area contributed by atoms with Gasteiger partial charge in [0.25, 0.3) is 5.89 Å². The summed E-state index contributed by atoms with van der Waals surface area (Å²) in [5.74, 6) is 0.741. The minimum absolute atomic E-state index is 0.226. The van der Waals surface area contributed by atoms with E-state index in [9.17, 15) is 0 Å². The van der Waals surface area contributed by atoms with E-state index in [2.05, 4.69) is 10.1 Å². The highest BCUT2D eigenvalue weighted by Gasteiger charge is 2.06. The van der Waals surface area contributed by atoms with Crippen LogP contribution < -0.4 is 0 Å². The number of nitrogens with zero attached hydrogens (tertiary/aromatic N) is 2. The molecule has 0 unspecified atom stereocenters. The fourth-order valence-electron chi connectivity index (χ4n) is 1.18. The first-order chi connectivity index (χ1) is 7.33. The summed E-state index contributed by atoms with van der Waals surface area (Å²) in [5, 5.41) is 12.5. The third kappa shape index (κ3) is 2.19. The van der Waals surface area contributed by atoms with Crippen LogP contribution in [0, 0.1) is 0 Å². The molecule has 0 amide bonds. The Hall–Kier alpha value is -1.33. The quantitative estimate of drug-likeness (QED) is 0.804. The fourth-order valence-corrected chi connectivity index (χ4v) is 1.58. The minimum atomic E-state index is -0.226. The first-order valence-electron chi connectivity index (χ1n) is 4.41. The highest BCUT2D eigenvalue weighted by molar-refractivity contribution is 7.98. The van der Waals surface area contributed by atoms with Crippen LogP contribution in [0.1, 0.15) is 5.89 Å². The summed E-state index contributed by atoms with van der Waals surface area (Å²) >= 11 is 1.68. The van der Waals surface area contributed by atoms with Gasteiger partial charge in [-0.3, -0.25) is 0 Å². The van der Waals surface area contributed by atoms with Crippen LogP contribution in [0.4, 0.5) is 0 Å². The number of hydrogen-bond acceptors (Lipinski definition) is 5. The van der Waals surface area contributed by atoms with Gasteiger partial charge in [-0.15, -0.1) is 11.8 Å².